The van der Waals surface area contributed by atoms with Crippen molar-refractivity contribution in [3.8, 4) is 5.75 Å². The molecule has 0 saturated heterocycles. The maximum Gasteiger partial charge on any atom is 0.178 e. The molecule has 0 radical (unpaired) electrons. The number of hydrogen-bond acceptors (Lipinski definition) is 5. The number of methoxy groups -OCH3 is 1. The van der Waals surface area contributed by atoms with Gasteiger partial charge in [-0.25, -0.2) is 0 Å². The number of anilines is 1. The molecule has 2 N–H and O–H groups in total. The van der Waals surface area contributed by atoms with E-state index in [1.807, 2.05) is 19.1 Å². The van der Waals surface area contributed by atoms with Gasteiger partial charge >= 0.3 is 0 Å². The lowest BCUT2D eigenvalue weighted by atomic mass is 10.1. The van der Waals surface area contributed by atoms with Crippen LogP contribution in [0.2, 0.25) is 0 Å². The smallest absolute Gasteiger partial charge is 0.178 e. The highest BCUT2D eigenvalue weighted by Gasteiger charge is 2.12. The summed E-state index contributed by atoms with van der Waals surface area (Å²) < 4.78 is 15.7. The van der Waals surface area contributed by atoms with Crippen LogP contribution in [0.5, 0.6) is 5.75 Å². The molecule has 5 nitrogen and oxygen atoms in total. The molecule has 2 aromatic rings. The minimum absolute atomic E-state index is 0.342. The van der Waals surface area contributed by atoms with Crippen molar-refractivity contribution in [3.63, 3.8) is 0 Å². The van der Waals surface area contributed by atoms with E-state index in [1.165, 1.54) is 0 Å². The third-order valence-electron chi connectivity index (χ3n) is 2.32. The first-order chi connectivity index (χ1) is 7.76. The quantitative estimate of drug-likeness (QED) is 0.856. The summed E-state index contributed by atoms with van der Waals surface area (Å²) in [4.78, 5) is 0. The lowest BCUT2D eigenvalue weighted by molar-refractivity contribution is 0.134. The highest BCUT2D eigenvalue weighted by molar-refractivity contribution is 5.93. The summed E-state index contributed by atoms with van der Waals surface area (Å²) in [6.07, 6.45) is 0. The molecule has 0 fully saturated rings. The zero-order valence-corrected chi connectivity index (χ0v) is 9.32. The summed E-state index contributed by atoms with van der Waals surface area (Å²) in [5.74, 6) is 1.00. The van der Waals surface area contributed by atoms with Gasteiger partial charge in [0.05, 0.1) is 13.7 Å². The zero-order chi connectivity index (χ0) is 11.5. The Hall–Kier alpha value is -1.75. The molecular formula is C11H14N2O3. The van der Waals surface area contributed by atoms with E-state index in [9.17, 15) is 0 Å². The van der Waals surface area contributed by atoms with E-state index in [0.717, 1.165) is 5.56 Å². The van der Waals surface area contributed by atoms with Crippen LogP contribution in [0.25, 0.3) is 11.0 Å². The van der Waals surface area contributed by atoms with Crippen LogP contribution in [0.4, 0.5) is 5.82 Å². The molecule has 0 aliphatic heterocycles. The first kappa shape index (κ1) is 10.8. The molecule has 0 saturated carbocycles. The Kier molecular flexibility index (Phi) is 2.96. The monoisotopic (exact) mass is 222 g/mol. The summed E-state index contributed by atoms with van der Waals surface area (Å²) in [7, 11) is 1.59. The van der Waals surface area contributed by atoms with Crippen LogP contribution in [-0.2, 0) is 11.3 Å². The van der Waals surface area contributed by atoms with Gasteiger partial charge in [-0.1, -0.05) is 5.16 Å². The molecule has 0 bridgehead atoms. The third kappa shape index (κ3) is 1.81. The molecule has 0 aliphatic carbocycles. The number of nitrogens with zero attached hydrogens (tertiary/aromatic N) is 1. The average molecular weight is 222 g/mol. The average Bonchev–Trinajstić information content (AvgIpc) is 2.67. The molecule has 1 aromatic heterocycles. The lowest BCUT2D eigenvalue weighted by Gasteiger charge is -2.05. The van der Waals surface area contributed by atoms with Gasteiger partial charge in [-0.2, -0.15) is 0 Å². The number of hydrogen-bond donors (Lipinski definition) is 1. The van der Waals surface area contributed by atoms with Gasteiger partial charge in [0.15, 0.2) is 11.4 Å². The first-order valence-corrected chi connectivity index (χ1v) is 5.05. The van der Waals surface area contributed by atoms with Crippen LogP contribution in [0.15, 0.2) is 16.7 Å². The van der Waals surface area contributed by atoms with Gasteiger partial charge in [0.25, 0.3) is 0 Å². The molecule has 0 atom stereocenters. The van der Waals surface area contributed by atoms with Crippen LogP contribution in [-0.4, -0.2) is 18.9 Å². The third-order valence-corrected chi connectivity index (χ3v) is 2.32. The lowest BCUT2D eigenvalue weighted by Crippen LogP contribution is -1.94. The van der Waals surface area contributed by atoms with Gasteiger partial charge in [0.1, 0.15) is 11.1 Å². The summed E-state index contributed by atoms with van der Waals surface area (Å²) >= 11 is 0. The van der Waals surface area contributed by atoms with Crippen molar-refractivity contribution in [2.24, 2.45) is 0 Å². The van der Waals surface area contributed by atoms with Crippen molar-refractivity contribution in [1.29, 1.82) is 0 Å². The Morgan fingerprint density at radius 2 is 2.25 bits per heavy atom. The van der Waals surface area contributed by atoms with Gasteiger partial charge in [-0.3, -0.25) is 0 Å². The van der Waals surface area contributed by atoms with E-state index >= 15 is 0 Å². The summed E-state index contributed by atoms with van der Waals surface area (Å²) in [5, 5.41) is 4.42. The summed E-state index contributed by atoms with van der Waals surface area (Å²) in [6, 6.07) is 3.74. The van der Waals surface area contributed by atoms with E-state index in [1.54, 1.807) is 7.11 Å². The highest BCUT2D eigenvalue weighted by atomic mass is 16.5. The van der Waals surface area contributed by atoms with Gasteiger partial charge < -0.3 is 19.7 Å². The van der Waals surface area contributed by atoms with Crippen molar-refractivity contribution in [1.82, 2.24) is 5.16 Å². The minimum atomic E-state index is 0.342. The predicted molar refractivity (Wildman–Crippen MR) is 60.3 cm³/mol. The van der Waals surface area contributed by atoms with Crippen molar-refractivity contribution >= 4 is 16.8 Å². The van der Waals surface area contributed by atoms with Crippen molar-refractivity contribution in [2.75, 3.05) is 19.5 Å². The molecular weight excluding hydrogens is 208 g/mol. The van der Waals surface area contributed by atoms with E-state index in [0.29, 0.717) is 35.8 Å². The van der Waals surface area contributed by atoms with Gasteiger partial charge in [-0.05, 0) is 24.6 Å². The molecule has 0 spiro atoms. The second-order valence-electron chi connectivity index (χ2n) is 3.38. The number of benzene rings is 1. The van der Waals surface area contributed by atoms with Crippen LogP contribution in [0.1, 0.15) is 12.5 Å². The van der Waals surface area contributed by atoms with Crippen LogP contribution >= 0.6 is 0 Å². The van der Waals surface area contributed by atoms with E-state index in [4.69, 9.17) is 19.7 Å². The molecule has 1 aromatic carbocycles. The number of fused-ring (bicyclic) bond motifs is 1. The number of rotatable bonds is 4. The fraction of sp³-hybridized carbons (Fsp3) is 0.364. The molecule has 0 amide bonds. The number of nitrogen functional groups attached to an aromatic ring is 1. The minimum Gasteiger partial charge on any atom is -0.496 e. The molecule has 1 heterocycles. The fourth-order valence-corrected chi connectivity index (χ4v) is 1.58. The SMILES string of the molecule is CCOCc1cc(OC)c2c(N)noc2c1. The second-order valence-corrected chi connectivity index (χ2v) is 3.38. The Bertz CT molecular complexity index is 493. The van der Waals surface area contributed by atoms with E-state index < -0.39 is 0 Å². The Morgan fingerprint density at radius 3 is 2.94 bits per heavy atom. The van der Waals surface area contributed by atoms with E-state index in [-0.39, 0.29) is 0 Å². The molecule has 2 rings (SSSR count). The largest absolute Gasteiger partial charge is 0.496 e. The molecule has 0 aliphatic rings. The maximum atomic E-state index is 5.69. The normalized spacial score (nSPS) is 10.9. The second kappa shape index (κ2) is 4.40. The number of ether oxygens (including phenoxy) is 2. The Balaban J connectivity index is 2.47. The summed E-state index contributed by atoms with van der Waals surface area (Å²) in [5.41, 5.74) is 7.28. The molecule has 5 heteroatoms. The van der Waals surface area contributed by atoms with Crippen LogP contribution in [0, 0.1) is 0 Å². The Labute approximate surface area is 93.1 Å². The first-order valence-electron chi connectivity index (χ1n) is 5.05. The summed E-state index contributed by atoms with van der Waals surface area (Å²) in [6.45, 7) is 3.13. The van der Waals surface area contributed by atoms with Crippen molar-refractivity contribution < 1.29 is 14.0 Å². The van der Waals surface area contributed by atoms with E-state index in [2.05, 4.69) is 5.16 Å². The van der Waals surface area contributed by atoms with Crippen LogP contribution in [0.3, 0.4) is 0 Å². The molecule has 16 heavy (non-hydrogen) atoms. The standard InChI is InChI=1S/C11H14N2O3/c1-3-15-6-7-4-8(14-2)10-9(5-7)16-13-11(10)12/h4-5H,3,6H2,1-2H3,(H2,12,13). The highest BCUT2D eigenvalue weighted by Crippen LogP contribution is 2.32. The Morgan fingerprint density at radius 1 is 1.44 bits per heavy atom. The molecule has 0 unspecified atom stereocenters. The van der Waals surface area contributed by atoms with Gasteiger partial charge in [-0.15, -0.1) is 0 Å². The molecule has 86 valence electrons. The van der Waals surface area contributed by atoms with Crippen molar-refractivity contribution in [2.45, 2.75) is 13.5 Å². The predicted octanol–water partition coefficient (Wildman–Crippen LogP) is 1.96. The van der Waals surface area contributed by atoms with Crippen molar-refractivity contribution in [3.05, 3.63) is 17.7 Å². The number of nitrogens with two attached hydrogens (primary N) is 1. The number of aromatic nitrogens is 1. The van der Waals surface area contributed by atoms with Gasteiger partial charge in [0.2, 0.25) is 0 Å². The fourth-order valence-electron chi connectivity index (χ4n) is 1.58. The maximum absolute atomic E-state index is 5.69. The van der Waals surface area contributed by atoms with Crippen LogP contribution < -0.4 is 10.5 Å². The zero-order valence-electron chi connectivity index (χ0n) is 9.32. The van der Waals surface area contributed by atoms with Gasteiger partial charge in [0, 0.05) is 6.61 Å². The topological polar surface area (TPSA) is 70.5 Å².